The fourth-order valence-corrected chi connectivity index (χ4v) is 3.59. The standard InChI is InChI=1S/C19H18FN5O4/c1-29-18-8-12(20)2-3-15(18)23-4-6-24(7-5-23)16-10-14-13(9-17(16)25(27)28)19(26)22-11-21-14/h2-3,8-11H,4-7H2,1H3,(H,21,22,26). The van der Waals surface area contributed by atoms with E-state index in [9.17, 15) is 19.3 Å². The molecule has 1 aliphatic heterocycles. The first-order valence-corrected chi connectivity index (χ1v) is 8.97. The predicted molar refractivity (Wildman–Crippen MR) is 106 cm³/mol. The molecule has 1 aromatic heterocycles. The molecule has 29 heavy (non-hydrogen) atoms. The lowest BCUT2D eigenvalue weighted by Crippen LogP contribution is -2.46. The Labute approximate surface area is 164 Å². The van der Waals surface area contributed by atoms with Crippen molar-refractivity contribution in [3.8, 4) is 5.75 Å². The lowest BCUT2D eigenvalue weighted by atomic mass is 10.1. The van der Waals surface area contributed by atoms with Gasteiger partial charge < -0.3 is 19.5 Å². The summed E-state index contributed by atoms with van der Waals surface area (Å²) < 4.78 is 18.7. The van der Waals surface area contributed by atoms with Crippen LogP contribution in [0.2, 0.25) is 0 Å². The van der Waals surface area contributed by atoms with Crippen LogP contribution in [0.5, 0.6) is 5.75 Å². The number of anilines is 2. The maximum absolute atomic E-state index is 13.5. The van der Waals surface area contributed by atoms with E-state index in [1.54, 1.807) is 12.1 Å². The first-order valence-electron chi connectivity index (χ1n) is 8.97. The molecule has 10 heteroatoms. The summed E-state index contributed by atoms with van der Waals surface area (Å²) in [5.41, 5.74) is 1.04. The number of piperazine rings is 1. The van der Waals surface area contributed by atoms with Crippen molar-refractivity contribution in [3.05, 3.63) is 62.9 Å². The summed E-state index contributed by atoms with van der Waals surface area (Å²) in [6.07, 6.45) is 1.28. The Bertz CT molecular complexity index is 1140. The van der Waals surface area contributed by atoms with Crippen LogP contribution in [0.1, 0.15) is 0 Å². The molecule has 0 aliphatic carbocycles. The smallest absolute Gasteiger partial charge is 0.293 e. The van der Waals surface area contributed by atoms with Crippen LogP contribution in [0.25, 0.3) is 10.9 Å². The number of ether oxygens (including phenoxy) is 1. The number of rotatable bonds is 4. The number of methoxy groups -OCH3 is 1. The fraction of sp³-hybridized carbons (Fsp3) is 0.263. The SMILES string of the molecule is COc1cc(F)ccc1N1CCN(c2cc3nc[nH]c(=O)c3cc2[N+](=O)[O-])CC1. The third-order valence-electron chi connectivity index (χ3n) is 5.04. The first kappa shape index (κ1) is 18.7. The van der Waals surface area contributed by atoms with Gasteiger partial charge in [0.1, 0.15) is 17.3 Å². The normalized spacial score (nSPS) is 14.3. The van der Waals surface area contributed by atoms with Crippen molar-refractivity contribution in [1.82, 2.24) is 9.97 Å². The van der Waals surface area contributed by atoms with Gasteiger partial charge in [-0.15, -0.1) is 0 Å². The molecule has 0 spiro atoms. The lowest BCUT2D eigenvalue weighted by molar-refractivity contribution is -0.384. The van der Waals surface area contributed by atoms with Gasteiger partial charge in [-0.05, 0) is 18.2 Å². The van der Waals surface area contributed by atoms with Crippen LogP contribution in [-0.4, -0.2) is 48.2 Å². The number of H-pyrrole nitrogens is 1. The molecule has 0 atom stereocenters. The summed E-state index contributed by atoms with van der Waals surface area (Å²) >= 11 is 0. The molecule has 4 rings (SSSR count). The van der Waals surface area contributed by atoms with E-state index in [1.165, 1.54) is 31.6 Å². The zero-order chi connectivity index (χ0) is 20.5. The topological polar surface area (TPSA) is 105 Å². The minimum absolute atomic E-state index is 0.135. The summed E-state index contributed by atoms with van der Waals surface area (Å²) in [6, 6.07) is 7.22. The minimum atomic E-state index is -0.489. The van der Waals surface area contributed by atoms with Crippen molar-refractivity contribution in [3.63, 3.8) is 0 Å². The molecule has 2 aromatic carbocycles. The molecule has 0 amide bonds. The second-order valence-electron chi connectivity index (χ2n) is 6.64. The van der Waals surface area contributed by atoms with Gasteiger partial charge in [-0.2, -0.15) is 0 Å². The fourth-order valence-electron chi connectivity index (χ4n) is 3.59. The van der Waals surface area contributed by atoms with E-state index in [0.717, 1.165) is 5.69 Å². The highest BCUT2D eigenvalue weighted by molar-refractivity contribution is 5.87. The number of fused-ring (bicyclic) bond motifs is 1. The molecular formula is C19H18FN5O4. The third kappa shape index (κ3) is 3.44. The first-order chi connectivity index (χ1) is 14.0. The molecule has 9 nitrogen and oxygen atoms in total. The van der Waals surface area contributed by atoms with Crippen molar-refractivity contribution < 1.29 is 14.1 Å². The van der Waals surface area contributed by atoms with Crippen molar-refractivity contribution in [2.75, 3.05) is 43.1 Å². The maximum Gasteiger partial charge on any atom is 0.293 e. The molecule has 150 valence electrons. The van der Waals surface area contributed by atoms with E-state index in [0.29, 0.717) is 43.1 Å². The summed E-state index contributed by atoms with van der Waals surface area (Å²) in [5.74, 6) is 0.0667. The number of nitro benzene ring substituents is 1. The Balaban J connectivity index is 1.63. The van der Waals surface area contributed by atoms with Gasteiger partial charge in [-0.25, -0.2) is 9.37 Å². The molecule has 1 N–H and O–H groups in total. The molecular weight excluding hydrogens is 381 g/mol. The molecule has 0 saturated carbocycles. The van der Waals surface area contributed by atoms with Crippen LogP contribution < -0.4 is 20.1 Å². The van der Waals surface area contributed by atoms with E-state index >= 15 is 0 Å². The van der Waals surface area contributed by atoms with Gasteiger partial charge in [0, 0.05) is 38.3 Å². The van der Waals surface area contributed by atoms with Gasteiger partial charge >= 0.3 is 0 Å². The summed E-state index contributed by atoms with van der Waals surface area (Å²) in [4.78, 5) is 33.6. The van der Waals surface area contributed by atoms with Crippen LogP contribution in [0.4, 0.5) is 21.5 Å². The van der Waals surface area contributed by atoms with Crippen molar-refractivity contribution in [1.29, 1.82) is 0 Å². The molecule has 3 aromatic rings. The van der Waals surface area contributed by atoms with Crippen LogP contribution >= 0.6 is 0 Å². The monoisotopic (exact) mass is 399 g/mol. The number of aromatic amines is 1. The molecule has 1 fully saturated rings. The lowest BCUT2D eigenvalue weighted by Gasteiger charge is -2.37. The second kappa shape index (κ2) is 7.38. The number of hydrogen-bond donors (Lipinski definition) is 1. The Morgan fingerprint density at radius 3 is 2.48 bits per heavy atom. The number of aromatic nitrogens is 2. The molecule has 0 radical (unpaired) electrons. The number of hydrogen-bond acceptors (Lipinski definition) is 7. The van der Waals surface area contributed by atoms with Crippen LogP contribution in [0.3, 0.4) is 0 Å². The maximum atomic E-state index is 13.5. The number of nitrogens with zero attached hydrogens (tertiary/aromatic N) is 4. The number of nitrogens with one attached hydrogen (secondary N) is 1. The minimum Gasteiger partial charge on any atom is -0.494 e. The van der Waals surface area contributed by atoms with Gasteiger partial charge in [0.05, 0.1) is 35.0 Å². The van der Waals surface area contributed by atoms with E-state index in [1.807, 2.05) is 9.80 Å². The molecule has 1 aliphatic rings. The average Bonchev–Trinajstić information content (AvgIpc) is 2.73. The highest BCUT2D eigenvalue weighted by Crippen LogP contribution is 2.34. The van der Waals surface area contributed by atoms with Gasteiger partial charge in [-0.1, -0.05) is 0 Å². The molecule has 0 unspecified atom stereocenters. The quantitative estimate of drug-likeness (QED) is 0.530. The number of benzene rings is 2. The predicted octanol–water partition coefficient (Wildman–Crippen LogP) is 2.31. The number of nitro groups is 1. The largest absolute Gasteiger partial charge is 0.494 e. The van der Waals surface area contributed by atoms with E-state index in [2.05, 4.69) is 9.97 Å². The Morgan fingerprint density at radius 1 is 1.14 bits per heavy atom. The van der Waals surface area contributed by atoms with E-state index in [4.69, 9.17) is 4.74 Å². The van der Waals surface area contributed by atoms with Crippen molar-refractivity contribution in [2.45, 2.75) is 0 Å². The van der Waals surface area contributed by atoms with Gasteiger partial charge in [0.15, 0.2) is 0 Å². The van der Waals surface area contributed by atoms with Gasteiger partial charge in [0.2, 0.25) is 0 Å². The van der Waals surface area contributed by atoms with Crippen LogP contribution in [0.15, 0.2) is 41.5 Å². The molecule has 1 saturated heterocycles. The molecule has 0 bridgehead atoms. The Hall–Kier alpha value is -3.69. The zero-order valence-electron chi connectivity index (χ0n) is 15.6. The zero-order valence-corrected chi connectivity index (χ0v) is 15.6. The Kier molecular flexibility index (Phi) is 4.75. The van der Waals surface area contributed by atoms with Crippen molar-refractivity contribution >= 4 is 28.0 Å². The van der Waals surface area contributed by atoms with Crippen LogP contribution in [-0.2, 0) is 0 Å². The average molecular weight is 399 g/mol. The van der Waals surface area contributed by atoms with Gasteiger partial charge in [-0.3, -0.25) is 14.9 Å². The summed E-state index contributed by atoms with van der Waals surface area (Å²) in [6.45, 7) is 2.16. The highest BCUT2D eigenvalue weighted by atomic mass is 19.1. The van der Waals surface area contributed by atoms with Crippen LogP contribution in [0, 0.1) is 15.9 Å². The van der Waals surface area contributed by atoms with Gasteiger partial charge in [0.25, 0.3) is 11.2 Å². The van der Waals surface area contributed by atoms with Crippen molar-refractivity contribution in [2.24, 2.45) is 0 Å². The summed E-state index contributed by atoms with van der Waals surface area (Å²) in [5, 5.41) is 11.8. The Morgan fingerprint density at radius 2 is 1.83 bits per heavy atom. The highest BCUT2D eigenvalue weighted by Gasteiger charge is 2.26. The second-order valence-corrected chi connectivity index (χ2v) is 6.64. The van der Waals surface area contributed by atoms with E-state index in [-0.39, 0.29) is 16.9 Å². The molecule has 2 heterocycles. The summed E-state index contributed by atoms with van der Waals surface area (Å²) in [7, 11) is 1.49. The third-order valence-corrected chi connectivity index (χ3v) is 5.04. The van der Waals surface area contributed by atoms with E-state index < -0.39 is 10.5 Å². The number of halogens is 1.